The molecule has 0 aromatic carbocycles. The predicted octanol–water partition coefficient (Wildman–Crippen LogP) is -0.807. The minimum absolute atomic E-state index is 0.375. The molecule has 0 atom stereocenters. The SMILES string of the molecule is C=c1occc1=C=O. The lowest BCUT2D eigenvalue weighted by Gasteiger charge is -1.60. The Bertz CT molecular complexity index is 291. The number of hydrogen-bond acceptors (Lipinski definition) is 2. The molecule has 8 heavy (non-hydrogen) atoms. The number of rotatable bonds is 0. The summed E-state index contributed by atoms with van der Waals surface area (Å²) >= 11 is 0. The standard InChI is InChI=1S/C6H4O2/c1-5-6(4-7)2-3-8-5/h2-3H,1H2. The topological polar surface area (TPSA) is 30.2 Å². The molecule has 0 fully saturated rings. The van der Waals surface area contributed by atoms with Crippen molar-refractivity contribution >= 4 is 12.5 Å². The zero-order chi connectivity index (χ0) is 5.98. The fraction of sp³-hybridized carbons (Fsp3) is 0. The van der Waals surface area contributed by atoms with Gasteiger partial charge in [0.25, 0.3) is 0 Å². The van der Waals surface area contributed by atoms with Crippen molar-refractivity contribution < 1.29 is 9.21 Å². The van der Waals surface area contributed by atoms with E-state index in [2.05, 4.69) is 11.0 Å². The first kappa shape index (κ1) is 4.88. The fourth-order valence-corrected chi connectivity index (χ4v) is 0.432. The maximum absolute atomic E-state index is 9.86. The fourth-order valence-electron chi connectivity index (χ4n) is 0.432. The van der Waals surface area contributed by atoms with Crippen molar-refractivity contribution in [3.8, 4) is 0 Å². The van der Waals surface area contributed by atoms with E-state index in [0.717, 1.165) is 0 Å². The first-order valence-corrected chi connectivity index (χ1v) is 2.12. The van der Waals surface area contributed by atoms with E-state index in [1.165, 1.54) is 12.3 Å². The van der Waals surface area contributed by atoms with Crippen molar-refractivity contribution in [3.05, 3.63) is 23.0 Å². The Labute approximate surface area is 45.7 Å². The Morgan fingerprint density at radius 3 is 2.75 bits per heavy atom. The average Bonchev–Trinajstić information content (AvgIpc) is 2.14. The Kier molecular flexibility index (Phi) is 1.03. The van der Waals surface area contributed by atoms with Gasteiger partial charge in [-0.1, -0.05) is 6.58 Å². The van der Waals surface area contributed by atoms with Crippen molar-refractivity contribution in [1.82, 2.24) is 0 Å². The predicted molar refractivity (Wildman–Crippen MR) is 28.3 cm³/mol. The number of furan rings is 1. The third-order valence-corrected chi connectivity index (χ3v) is 0.855. The van der Waals surface area contributed by atoms with E-state index in [-0.39, 0.29) is 0 Å². The van der Waals surface area contributed by atoms with Crippen molar-refractivity contribution in [2.45, 2.75) is 0 Å². The molecule has 0 spiro atoms. The summed E-state index contributed by atoms with van der Waals surface area (Å²) in [5.74, 6) is 1.67. The second-order valence-corrected chi connectivity index (χ2v) is 1.36. The van der Waals surface area contributed by atoms with E-state index in [4.69, 9.17) is 0 Å². The van der Waals surface area contributed by atoms with Gasteiger partial charge in [-0.05, 0) is 6.07 Å². The van der Waals surface area contributed by atoms with Crippen LogP contribution in [0, 0.1) is 0 Å². The third kappa shape index (κ3) is 0.572. The van der Waals surface area contributed by atoms with Crippen LogP contribution in [0.3, 0.4) is 0 Å². The Morgan fingerprint density at radius 1 is 1.75 bits per heavy atom. The highest BCUT2D eigenvalue weighted by atomic mass is 16.3. The van der Waals surface area contributed by atoms with Crippen molar-refractivity contribution in [1.29, 1.82) is 0 Å². The summed E-state index contributed by atoms with van der Waals surface area (Å²) in [5.41, 5.74) is 0.375. The molecule has 0 saturated heterocycles. The normalized spacial score (nSPS) is 8.50. The zero-order valence-electron chi connectivity index (χ0n) is 4.18. The van der Waals surface area contributed by atoms with Gasteiger partial charge in [0.1, 0.15) is 16.6 Å². The van der Waals surface area contributed by atoms with E-state index >= 15 is 0 Å². The van der Waals surface area contributed by atoms with Gasteiger partial charge in [0.05, 0.1) is 6.26 Å². The van der Waals surface area contributed by atoms with Gasteiger partial charge in [-0.3, -0.25) is 0 Å². The van der Waals surface area contributed by atoms with Crippen molar-refractivity contribution in [2.75, 3.05) is 0 Å². The first-order chi connectivity index (χ1) is 3.84. The van der Waals surface area contributed by atoms with Crippen LogP contribution in [-0.4, -0.2) is 5.94 Å². The highest BCUT2D eigenvalue weighted by molar-refractivity contribution is 5.45. The van der Waals surface area contributed by atoms with Gasteiger partial charge in [-0.15, -0.1) is 0 Å². The van der Waals surface area contributed by atoms with E-state index in [0.29, 0.717) is 10.6 Å². The van der Waals surface area contributed by atoms with E-state index in [1.54, 1.807) is 5.94 Å². The van der Waals surface area contributed by atoms with E-state index in [1.807, 2.05) is 0 Å². The van der Waals surface area contributed by atoms with Crippen LogP contribution in [0.5, 0.6) is 0 Å². The van der Waals surface area contributed by atoms with E-state index in [9.17, 15) is 4.79 Å². The summed E-state index contributed by atoms with van der Waals surface area (Å²) in [6.45, 7) is 3.42. The van der Waals surface area contributed by atoms with Crippen LogP contribution in [0.4, 0.5) is 0 Å². The molecule has 0 bridgehead atoms. The molecule has 1 aromatic rings. The van der Waals surface area contributed by atoms with Crippen molar-refractivity contribution in [2.24, 2.45) is 0 Å². The maximum atomic E-state index is 9.86. The molecule has 0 amide bonds. The molecule has 1 aromatic heterocycles. The molecular formula is C6H4O2. The molecule has 1 rings (SSSR count). The molecule has 0 unspecified atom stereocenters. The molecule has 40 valence electrons. The summed E-state index contributed by atoms with van der Waals surface area (Å²) in [4.78, 5) is 9.86. The third-order valence-electron chi connectivity index (χ3n) is 0.855. The molecule has 0 aliphatic heterocycles. The highest BCUT2D eigenvalue weighted by Gasteiger charge is 1.80. The van der Waals surface area contributed by atoms with Crippen LogP contribution in [0.1, 0.15) is 0 Å². The van der Waals surface area contributed by atoms with Gasteiger partial charge in [0, 0.05) is 0 Å². The van der Waals surface area contributed by atoms with Gasteiger partial charge in [0.15, 0.2) is 0 Å². The molecule has 0 N–H and O–H groups in total. The lowest BCUT2D eigenvalue weighted by atomic mass is 10.5. The summed E-state index contributed by atoms with van der Waals surface area (Å²) in [5, 5.41) is 0.394. The Balaban J connectivity index is 3.81. The van der Waals surface area contributed by atoms with Crippen LogP contribution in [0.2, 0.25) is 0 Å². The van der Waals surface area contributed by atoms with Gasteiger partial charge in [-0.2, -0.15) is 0 Å². The highest BCUT2D eigenvalue weighted by Crippen LogP contribution is 1.61. The maximum Gasteiger partial charge on any atom is 0.137 e. The molecular weight excluding hydrogens is 104 g/mol. The molecule has 0 radical (unpaired) electrons. The first-order valence-electron chi connectivity index (χ1n) is 2.12. The summed E-state index contributed by atoms with van der Waals surface area (Å²) in [6, 6.07) is 1.52. The molecule has 2 nitrogen and oxygen atoms in total. The molecule has 1 heterocycles. The summed E-state index contributed by atoms with van der Waals surface area (Å²) < 4.78 is 4.68. The Hall–Kier alpha value is -1.27. The molecule has 0 aliphatic carbocycles. The van der Waals surface area contributed by atoms with E-state index < -0.39 is 0 Å². The zero-order valence-corrected chi connectivity index (χ0v) is 4.18. The average molecular weight is 108 g/mol. The lowest BCUT2D eigenvalue weighted by Crippen LogP contribution is -2.18. The molecule has 0 aliphatic rings. The van der Waals surface area contributed by atoms with Gasteiger partial charge in [0.2, 0.25) is 0 Å². The van der Waals surface area contributed by atoms with Crippen molar-refractivity contribution in [3.63, 3.8) is 0 Å². The van der Waals surface area contributed by atoms with Crippen LogP contribution < -0.4 is 10.6 Å². The van der Waals surface area contributed by atoms with Crippen LogP contribution in [0.25, 0.3) is 6.58 Å². The van der Waals surface area contributed by atoms with Crippen LogP contribution >= 0.6 is 0 Å². The smallest absolute Gasteiger partial charge is 0.137 e. The number of carbonyl (C=O) groups excluding carboxylic acids is 1. The lowest BCUT2D eigenvalue weighted by molar-refractivity contribution is 0.530. The Morgan fingerprint density at radius 2 is 2.50 bits per heavy atom. The number of hydrogen-bond donors (Lipinski definition) is 0. The van der Waals surface area contributed by atoms with Gasteiger partial charge >= 0.3 is 0 Å². The largest absolute Gasteiger partial charge is 0.464 e. The van der Waals surface area contributed by atoms with Crippen LogP contribution in [-0.2, 0) is 4.79 Å². The molecule has 2 heteroatoms. The van der Waals surface area contributed by atoms with Gasteiger partial charge in [-0.25, -0.2) is 4.79 Å². The quantitative estimate of drug-likeness (QED) is 0.435. The minimum atomic E-state index is 0.375. The van der Waals surface area contributed by atoms with Crippen LogP contribution in [0.15, 0.2) is 16.7 Å². The minimum Gasteiger partial charge on any atom is -0.464 e. The van der Waals surface area contributed by atoms with Gasteiger partial charge < -0.3 is 4.42 Å². The second kappa shape index (κ2) is 1.68. The summed E-state index contributed by atoms with van der Waals surface area (Å²) in [6.07, 6.45) is 1.41. The molecule has 0 saturated carbocycles. The monoisotopic (exact) mass is 108 g/mol. The summed E-state index contributed by atoms with van der Waals surface area (Å²) in [7, 11) is 0. The second-order valence-electron chi connectivity index (χ2n) is 1.36.